The van der Waals surface area contributed by atoms with E-state index in [-0.39, 0.29) is 0 Å². The third kappa shape index (κ3) is 4.09. The predicted octanol–water partition coefficient (Wildman–Crippen LogP) is 11.8. The van der Waals surface area contributed by atoms with E-state index in [2.05, 4.69) is 173 Å². The van der Waals surface area contributed by atoms with Crippen molar-refractivity contribution in [3.8, 4) is 33.9 Å². The first-order valence-electron chi connectivity index (χ1n) is 15.9. The molecule has 0 atom stereocenters. The van der Waals surface area contributed by atoms with Gasteiger partial charge < -0.3 is 4.57 Å². The van der Waals surface area contributed by atoms with Crippen molar-refractivity contribution in [2.45, 2.75) is 0 Å². The Kier molecular flexibility index (Phi) is 5.74. The van der Waals surface area contributed by atoms with Crippen LogP contribution in [0.15, 0.2) is 164 Å². The molecule has 0 bridgehead atoms. The van der Waals surface area contributed by atoms with Crippen LogP contribution in [0.3, 0.4) is 0 Å². The Morgan fingerprint density at radius 1 is 0.489 bits per heavy atom. The van der Waals surface area contributed by atoms with Crippen LogP contribution >= 0.6 is 11.3 Å². The summed E-state index contributed by atoms with van der Waals surface area (Å²) in [4.78, 5) is 5.44. The van der Waals surface area contributed by atoms with E-state index in [0.29, 0.717) is 0 Å². The van der Waals surface area contributed by atoms with E-state index >= 15 is 0 Å². The quantitative estimate of drug-likeness (QED) is 0.193. The van der Waals surface area contributed by atoms with Crippen LogP contribution < -0.4 is 0 Å². The van der Waals surface area contributed by atoms with Gasteiger partial charge in [-0.3, -0.25) is 4.57 Å². The number of para-hydroxylation sites is 1. The Morgan fingerprint density at radius 3 is 2.02 bits per heavy atom. The van der Waals surface area contributed by atoms with Crippen LogP contribution in [0, 0.1) is 0 Å². The fourth-order valence-electron chi connectivity index (χ4n) is 7.18. The molecule has 0 amide bonds. The average molecular weight is 618 g/mol. The van der Waals surface area contributed by atoms with Crippen molar-refractivity contribution < 1.29 is 0 Å². The minimum absolute atomic E-state index is 0.912. The number of thiophene rings is 1. The fourth-order valence-corrected chi connectivity index (χ4v) is 8.28. The monoisotopic (exact) mass is 617 g/mol. The van der Waals surface area contributed by atoms with Gasteiger partial charge in [0.05, 0.1) is 22.2 Å². The number of rotatable bonds is 4. The maximum atomic E-state index is 5.44. The highest BCUT2D eigenvalue weighted by atomic mass is 32.1. The molecule has 0 N–H and O–H groups in total. The zero-order valence-electron chi connectivity index (χ0n) is 25.3. The number of nitrogens with zero attached hydrogens (tertiary/aromatic N) is 3. The van der Waals surface area contributed by atoms with Gasteiger partial charge in [0.15, 0.2) is 0 Å². The zero-order valence-corrected chi connectivity index (χ0v) is 26.2. The first-order chi connectivity index (χ1) is 23.3. The highest BCUT2D eigenvalue weighted by Crippen LogP contribution is 2.44. The SMILES string of the molecule is c1ccc(-c2cc(-c3ccccc3)nc(-n3c4cc5ccn(-c6ccccc6)c5cc4c4ccc5sc6ccccc6c5c43)c2)cc1. The molecule has 0 saturated heterocycles. The van der Waals surface area contributed by atoms with Crippen LogP contribution in [0.4, 0.5) is 0 Å². The molecular formula is C43H27N3S. The molecule has 0 saturated carbocycles. The molecule has 4 aromatic heterocycles. The second-order valence-electron chi connectivity index (χ2n) is 12.0. The maximum absolute atomic E-state index is 5.44. The van der Waals surface area contributed by atoms with Crippen LogP contribution in [0.5, 0.6) is 0 Å². The van der Waals surface area contributed by atoms with Gasteiger partial charge >= 0.3 is 0 Å². The van der Waals surface area contributed by atoms with Crippen molar-refractivity contribution in [2.24, 2.45) is 0 Å². The van der Waals surface area contributed by atoms with Crippen LogP contribution in [0.2, 0.25) is 0 Å². The Balaban J connectivity index is 1.37. The molecule has 3 nitrogen and oxygen atoms in total. The molecule has 10 aromatic rings. The summed E-state index contributed by atoms with van der Waals surface area (Å²) in [5.74, 6) is 0.912. The highest BCUT2D eigenvalue weighted by Gasteiger charge is 2.21. The minimum atomic E-state index is 0.912. The lowest BCUT2D eigenvalue weighted by molar-refractivity contribution is 1.09. The normalized spacial score (nSPS) is 11.8. The van der Waals surface area contributed by atoms with Crippen molar-refractivity contribution in [2.75, 3.05) is 0 Å². The van der Waals surface area contributed by atoms with E-state index in [0.717, 1.165) is 33.8 Å². The van der Waals surface area contributed by atoms with E-state index in [4.69, 9.17) is 4.98 Å². The average Bonchev–Trinajstić information content (AvgIpc) is 3.83. The zero-order chi connectivity index (χ0) is 30.9. The largest absolute Gasteiger partial charge is 0.317 e. The van der Waals surface area contributed by atoms with E-state index < -0.39 is 0 Å². The number of hydrogen-bond acceptors (Lipinski definition) is 2. The summed E-state index contributed by atoms with van der Waals surface area (Å²) < 4.78 is 7.29. The molecule has 0 aliphatic heterocycles. The van der Waals surface area contributed by atoms with Gasteiger partial charge in [0.25, 0.3) is 0 Å². The summed E-state index contributed by atoms with van der Waals surface area (Å²) in [6.45, 7) is 0. The van der Waals surface area contributed by atoms with Crippen molar-refractivity contribution in [3.63, 3.8) is 0 Å². The van der Waals surface area contributed by atoms with E-state index in [1.165, 1.54) is 52.9 Å². The molecule has 0 fully saturated rings. The summed E-state index contributed by atoms with van der Waals surface area (Å²) >= 11 is 1.86. The smallest absolute Gasteiger partial charge is 0.138 e. The van der Waals surface area contributed by atoms with Gasteiger partial charge in [-0.05, 0) is 65.7 Å². The number of benzene rings is 6. The van der Waals surface area contributed by atoms with Crippen molar-refractivity contribution >= 4 is 64.2 Å². The van der Waals surface area contributed by atoms with E-state index in [1.54, 1.807) is 0 Å². The summed E-state index contributed by atoms with van der Waals surface area (Å²) in [6.07, 6.45) is 2.18. The molecule has 0 aliphatic rings. The molecule has 6 aromatic carbocycles. The lowest BCUT2D eigenvalue weighted by Crippen LogP contribution is -2.00. The van der Waals surface area contributed by atoms with E-state index in [1.807, 2.05) is 11.3 Å². The summed E-state index contributed by atoms with van der Waals surface area (Å²) in [5, 5.41) is 6.20. The fraction of sp³-hybridized carbons (Fsp3) is 0. The molecule has 0 unspecified atom stereocenters. The van der Waals surface area contributed by atoms with Crippen molar-refractivity contribution in [1.29, 1.82) is 0 Å². The molecule has 4 heteroatoms. The Labute approximate surface area is 275 Å². The van der Waals surface area contributed by atoms with Gasteiger partial charge in [0.2, 0.25) is 0 Å². The Bertz CT molecular complexity index is 2710. The van der Waals surface area contributed by atoms with Gasteiger partial charge in [0, 0.05) is 53.8 Å². The minimum Gasteiger partial charge on any atom is -0.317 e. The first-order valence-corrected chi connectivity index (χ1v) is 16.7. The molecule has 0 aliphatic carbocycles. The Hall–Kier alpha value is -5.97. The van der Waals surface area contributed by atoms with Crippen LogP contribution in [0.1, 0.15) is 0 Å². The molecule has 220 valence electrons. The molecule has 0 spiro atoms. The van der Waals surface area contributed by atoms with Crippen LogP contribution in [-0.4, -0.2) is 14.1 Å². The third-order valence-corrected chi connectivity index (χ3v) is 10.5. The van der Waals surface area contributed by atoms with Gasteiger partial charge in [0.1, 0.15) is 5.82 Å². The van der Waals surface area contributed by atoms with Gasteiger partial charge in [-0.1, -0.05) is 103 Å². The first kappa shape index (κ1) is 26.3. The van der Waals surface area contributed by atoms with Gasteiger partial charge in [-0.2, -0.15) is 0 Å². The predicted molar refractivity (Wildman–Crippen MR) is 199 cm³/mol. The van der Waals surface area contributed by atoms with Gasteiger partial charge in [-0.25, -0.2) is 4.98 Å². The summed E-state index contributed by atoms with van der Waals surface area (Å²) in [7, 11) is 0. The lowest BCUT2D eigenvalue weighted by Gasteiger charge is -2.13. The molecule has 47 heavy (non-hydrogen) atoms. The van der Waals surface area contributed by atoms with Gasteiger partial charge in [-0.15, -0.1) is 11.3 Å². The third-order valence-electron chi connectivity index (χ3n) is 9.33. The summed E-state index contributed by atoms with van der Waals surface area (Å²) in [6, 6.07) is 56.6. The maximum Gasteiger partial charge on any atom is 0.138 e. The van der Waals surface area contributed by atoms with Crippen molar-refractivity contribution in [1.82, 2.24) is 14.1 Å². The van der Waals surface area contributed by atoms with E-state index in [9.17, 15) is 0 Å². The molecular weight excluding hydrogens is 591 g/mol. The number of pyridine rings is 1. The molecule has 10 rings (SSSR count). The highest BCUT2D eigenvalue weighted by molar-refractivity contribution is 7.26. The molecule has 0 radical (unpaired) electrons. The number of aromatic nitrogens is 3. The number of fused-ring (bicyclic) bond motifs is 8. The second-order valence-corrected chi connectivity index (χ2v) is 13.1. The molecule has 4 heterocycles. The Morgan fingerprint density at radius 2 is 1.21 bits per heavy atom. The number of hydrogen-bond donors (Lipinski definition) is 0. The topological polar surface area (TPSA) is 22.8 Å². The standard InChI is InChI=1S/C43H27N3S/c1-4-12-28(13-5-1)31-24-36(29-14-6-2-7-15-29)44-41(26-31)46-38-25-30-22-23-45(32-16-8-3-9-17-32)37(30)27-35(38)33-20-21-40-42(43(33)46)34-18-10-11-19-39(34)47-40/h1-27H. The lowest BCUT2D eigenvalue weighted by atomic mass is 10.0. The summed E-state index contributed by atoms with van der Waals surface area (Å²) in [5.41, 5.74) is 9.06. The second kappa shape index (κ2) is 10.3. The van der Waals surface area contributed by atoms with Crippen LogP contribution in [0.25, 0.3) is 86.8 Å². The van der Waals surface area contributed by atoms with Crippen molar-refractivity contribution in [3.05, 3.63) is 164 Å². The van der Waals surface area contributed by atoms with Crippen LogP contribution in [-0.2, 0) is 0 Å².